The van der Waals surface area contributed by atoms with Crippen LogP contribution in [-0.2, 0) is 19.5 Å². The normalized spacial score (nSPS) is 15.3. The molecule has 0 N–H and O–H groups in total. The van der Waals surface area contributed by atoms with Crippen molar-refractivity contribution in [1.82, 2.24) is 19.7 Å². The van der Waals surface area contributed by atoms with E-state index < -0.39 is 18.1 Å². The second-order valence-electron chi connectivity index (χ2n) is 5.20. The van der Waals surface area contributed by atoms with Crippen LogP contribution < -0.4 is 0 Å². The third-order valence-corrected chi connectivity index (χ3v) is 3.69. The van der Waals surface area contributed by atoms with Crippen molar-refractivity contribution in [1.29, 1.82) is 0 Å². The summed E-state index contributed by atoms with van der Waals surface area (Å²) in [4.78, 5) is 1.60. The molecular formula is C14H14F4N4. The van der Waals surface area contributed by atoms with Gasteiger partial charge in [-0.3, -0.25) is 4.90 Å². The van der Waals surface area contributed by atoms with Gasteiger partial charge in [-0.25, -0.2) is 17.6 Å². The Morgan fingerprint density at radius 1 is 1.14 bits per heavy atom. The van der Waals surface area contributed by atoms with E-state index in [0.29, 0.717) is 24.7 Å². The minimum Gasteiger partial charge on any atom is -0.312 e. The maximum Gasteiger partial charge on any atom is 0.251 e. The van der Waals surface area contributed by atoms with Gasteiger partial charge in [0.2, 0.25) is 0 Å². The molecule has 118 valence electrons. The predicted octanol–water partition coefficient (Wildman–Crippen LogP) is 2.23. The molecule has 0 saturated carbocycles. The number of rotatable bonds is 4. The van der Waals surface area contributed by atoms with Crippen LogP contribution in [0.2, 0.25) is 0 Å². The first-order chi connectivity index (χ1) is 10.5. The van der Waals surface area contributed by atoms with Gasteiger partial charge in [-0.05, 0) is 11.6 Å². The molecule has 1 aromatic heterocycles. The minimum absolute atomic E-state index is 0.117. The molecule has 2 aromatic rings. The van der Waals surface area contributed by atoms with Gasteiger partial charge in [0, 0.05) is 19.5 Å². The average molecular weight is 314 g/mol. The van der Waals surface area contributed by atoms with Gasteiger partial charge >= 0.3 is 0 Å². The van der Waals surface area contributed by atoms with Crippen molar-refractivity contribution in [2.45, 2.75) is 25.9 Å². The smallest absolute Gasteiger partial charge is 0.251 e. The van der Waals surface area contributed by atoms with Crippen LogP contribution in [-0.4, -0.2) is 39.2 Å². The second kappa shape index (κ2) is 6.04. The van der Waals surface area contributed by atoms with Crippen molar-refractivity contribution in [3.8, 4) is 0 Å². The van der Waals surface area contributed by atoms with Crippen molar-refractivity contribution in [2.24, 2.45) is 0 Å². The zero-order valence-corrected chi connectivity index (χ0v) is 11.6. The Kier molecular flexibility index (Phi) is 4.10. The Morgan fingerprint density at radius 3 is 2.73 bits per heavy atom. The van der Waals surface area contributed by atoms with Crippen LogP contribution in [0.5, 0.6) is 0 Å². The average Bonchev–Trinajstić information content (AvgIpc) is 2.86. The second-order valence-corrected chi connectivity index (χ2v) is 5.20. The molecule has 0 amide bonds. The standard InChI is InChI=1S/C14H14F4N4/c15-10-3-1-2-9(14(10)18)6-12-19-20-13-8-21(7-11(16)17)4-5-22(12)13/h1-3,11H,4-8H2. The number of halogens is 4. The molecule has 1 aliphatic heterocycles. The van der Waals surface area contributed by atoms with Crippen LogP contribution >= 0.6 is 0 Å². The molecule has 0 saturated heterocycles. The van der Waals surface area contributed by atoms with Crippen molar-refractivity contribution in [3.05, 3.63) is 47.0 Å². The van der Waals surface area contributed by atoms with Crippen LogP contribution in [0.4, 0.5) is 17.6 Å². The van der Waals surface area contributed by atoms with E-state index >= 15 is 0 Å². The van der Waals surface area contributed by atoms with Gasteiger partial charge in [-0.2, -0.15) is 0 Å². The zero-order chi connectivity index (χ0) is 15.7. The molecule has 0 bridgehead atoms. The fourth-order valence-corrected chi connectivity index (χ4v) is 2.61. The van der Waals surface area contributed by atoms with E-state index in [-0.39, 0.29) is 25.1 Å². The number of benzene rings is 1. The molecular weight excluding hydrogens is 300 g/mol. The van der Waals surface area contributed by atoms with Gasteiger partial charge in [0.15, 0.2) is 11.6 Å². The summed E-state index contributed by atoms with van der Waals surface area (Å²) in [6, 6.07) is 3.98. The summed E-state index contributed by atoms with van der Waals surface area (Å²) in [7, 11) is 0. The molecule has 1 aromatic carbocycles. The first kappa shape index (κ1) is 15.0. The Hall–Kier alpha value is -1.96. The van der Waals surface area contributed by atoms with Gasteiger partial charge in [0.05, 0.1) is 13.1 Å². The Morgan fingerprint density at radius 2 is 1.95 bits per heavy atom. The highest BCUT2D eigenvalue weighted by Gasteiger charge is 2.23. The topological polar surface area (TPSA) is 34.0 Å². The number of fused-ring (bicyclic) bond motifs is 1. The van der Waals surface area contributed by atoms with Gasteiger partial charge in [-0.1, -0.05) is 12.1 Å². The maximum atomic E-state index is 13.7. The van der Waals surface area contributed by atoms with Crippen LogP contribution in [0, 0.1) is 11.6 Å². The summed E-state index contributed by atoms with van der Waals surface area (Å²) in [6.45, 7) is 0.888. The molecule has 3 rings (SSSR count). The van der Waals surface area contributed by atoms with Gasteiger partial charge in [-0.15, -0.1) is 10.2 Å². The highest BCUT2D eigenvalue weighted by atomic mass is 19.3. The Balaban J connectivity index is 1.78. The molecule has 0 spiro atoms. The molecule has 8 heteroatoms. The monoisotopic (exact) mass is 314 g/mol. The third kappa shape index (κ3) is 2.96. The number of aromatic nitrogens is 3. The van der Waals surface area contributed by atoms with Gasteiger partial charge in [0.25, 0.3) is 6.43 Å². The quantitative estimate of drug-likeness (QED) is 0.812. The molecule has 0 atom stereocenters. The summed E-state index contributed by atoms with van der Waals surface area (Å²) < 4.78 is 53.5. The molecule has 4 nitrogen and oxygen atoms in total. The number of hydrogen-bond acceptors (Lipinski definition) is 3. The Labute approximate surface area is 124 Å². The molecule has 1 aliphatic rings. The van der Waals surface area contributed by atoms with Gasteiger partial charge < -0.3 is 4.57 Å². The van der Waals surface area contributed by atoms with E-state index in [1.165, 1.54) is 12.1 Å². The summed E-state index contributed by atoms with van der Waals surface area (Å²) in [6.07, 6.45) is -2.28. The molecule has 0 aliphatic carbocycles. The lowest BCUT2D eigenvalue weighted by molar-refractivity contribution is 0.0739. The lowest BCUT2D eigenvalue weighted by Gasteiger charge is -2.27. The van der Waals surface area contributed by atoms with E-state index in [1.54, 1.807) is 9.47 Å². The first-order valence-electron chi connectivity index (χ1n) is 6.89. The summed E-state index contributed by atoms with van der Waals surface area (Å²) in [5.41, 5.74) is 0.199. The van der Waals surface area contributed by atoms with Crippen LogP contribution in [0.15, 0.2) is 18.2 Å². The molecule has 2 heterocycles. The van der Waals surface area contributed by atoms with Crippen molar-refractivity contribution < 1.29 is 17.6 Å². The van der Waals surface area contributed by atoms with Crippen LogP contribution in [0.25, 0.3) is 0 Å². The Bertz CT molecular complexity index is 671. The SMILES string of the molecule is Fc1cccc(Cc2nnc3n2CCN(CC(F)F)C3)c1F. The predicted molar refractivity (Wildman–Crippen MR) is 70.5 cm³/mol. The highest BCUT2D eigenvalue weighted by molar-refractivity contribution is 5.22. The van der Waals surface area contributed by atoms with E-state index in [2.05, 4.69) is 10.2 Å². The summed E-state index contributed by atoms with van der Waals surface area (Å²) >= 11 is 0. The summed E-state index contributed by atoms with van der Waals surface area (Å²) in [5.74, 6) is -0.719. The highest BCUT2D eigenvalue weighted by Crippen LogP contribution is 2.18. The van der Waals surface area contributed by atoms with Crippen molar-refractivity contribution >= 4 is 0 Å². The fraction of sp³-hybridized carbons (Fsp3) is 0.429. The van der Waals surface area contributed by atoms with Crippen molar-refractivity contribution in [2.75, 3.05) is 13.1 Å². The summed E-state index contributed by atoms with van der Waals surface area (Å²) in [5, 5.41) is 7.96. The van der Waals surface area contributed by atoms with Crippen LogP contribution in [0.3, 0.4) is 0 Å². The number of alkyl halides is 2. The number of hydrogen-bond donors (Lipinski definition) is 0. The maximum absolute atomic E-state index is 13.7. The third-order valence-electron chi connectivity index (χ3n) is 3.69. The lowest BCUT2D eigenvalue weighted by Crippen LogP contribution is -2.37. The van der Waals surface area contributed by atoms with Crippen molar-refractivity contribution in [3.63, 3.8) is 0 Å². The molecule has 0 unspecified atom stereocenters. The fourth-order valence-electron chi connectivity index (χ4n) is 2.61. The van der Waals surface area contributed by atoms with E-state index in [4.69, 9.17) is 0 Å². The van der Waals surface area contributed by atoms with Gasteiger partial charge in [0.1, 0.15) is 11.6 Å². The van der Waals surface area contributed by atoms with Crippen LogP contribution in [0.1, 0.15) is 17.2 Å². The van der Waals surface area contributed by atoms with E-state index in [0.717, 1.165) is 6.07 Å². The molecule has 0 radical (unpaired) electrons. The molecule has 22 heavy (non-hydrogen) atoms. The van der Waals surface area contributed by atoms with E-state index in [9.17, 15) is 17.6 Å². The first-order valence-corrected chi connectivity index (χ1v) is 6.89. The molecule has 0 fully saturated rings. The number of nitrogens with zero attached hydrogens (tertiary/aromatic N) is 4. The lowest BCUT2D eigenvalue weighted by atomic mass is 10.1. The van der Waals surface area contributed by atoms with E-state index in [1.807, 2.05) is 0 Å². The largest absolute Gasteiger partial charge is 0.312 e. The zero-order valence-electron chi connectivity index (χ0n) is 11.6. The minimum atomic E-state index is -2.39.